The Kier molecular flexibility index (Phi) is 25.4. The molecule has 3 nitrogen and oxygen atoms in total. The van der Waals surface area contributed by atoms with Gasteiger partial charge >= 0.3 is 6.16 Å². The summed E-state index contributed by atoms with van der Waals surface area (Å²) in [6.07, 6.45) is -1.83. The van der Waals surface area contributed by atoms with Crippen LogP contribution in [0.1, 0.15) is 0 Å². The maximum absolute atomic E-state index is 8.56. The van der Waals surface area contributed by atoms with E-state index in [0.29, 0.717) is 0 Å². The largest absolute Gasteiger partial charge is 0.503 e. The summed E-state index contributed by atoms with van der Waals surface area (Å²) in [4.78, 5) is 8.56. The van der Waals surface area contributed by atoms with E-state index in [1.54, 1.807) is 0 Å². The molecule has 0 bridgehead atoms. The molecule has 0 spiro atoms. The number of carbonyl (C=O) groups is 1. The first-order chi connectivity index (χ1) is 1.73. The van der Waals surface area contributed by atoms with Gasteiger partial charge in [-0.2, -0.15) is 0 Å². The van der Waals surface area contributed by atoms with Gasteiger partial charge in [-0.3, -0.25) is 0 Å². The molecule has 0 amide bonds. The van der Waals surface area contributed by atoms with Crippen LogP contribution in [0.3, 0.4) is 0 Å². The monoisotopic (exact) mass is 125 g/mol. The van der Waals surface area contributed by atoms with Gasteiger partial charge < -0.3 is 10.2 Å². The molecule has 1 radical (unpaired) electrons. The Morgan fingerprint density at radius 2 is 1.33 bits per heavy atom. The predicted octanol–water partition coefficient (Wildman–Crippen LogP) is -0.158. The minimum Gasteiger partial charge on any atom is -0.450 e. The minimum absolute atomic E-state index is 0. The zero-order chi connectivity index (χ0) is 3.58. The van der Waals surface area contributed by atoms with E-state index >= 15 is 0 Å². The molecule has 0 rings (SSSR count). The molecule has 33 valence electrons. The van der Waals surface area contributed by atoms with Crippen molar-refractivity contribution in [1.82, 2.24) is 0 Å². The normalized spacial score (nSPS) is 4.00. The quantitative estimate of drug-likeness (QED) is 0.442. The molecular weight excluding hydrogens is 123 g/mol. The average molecular weight is 125 g/mol. The molecule has 0 saturated heterocycles. The van der Waals surface area contributed by atoms with Crippen molar-refractivity contribution in [3.05, 3.63) is 0 Å². The Hall–Kier alpha value is 1.53. The Bertz CT molecular complexity index is 33.8. The van der Waals surface area contributed by atoms with E-state index in [1.165, 1.54) is 0 Å². The SMILES string of the molecule is O=C(O)O.[Ar].[Na]. The standard InChI is InChI=1S/CH2O3.Ar.Na/c2-1(3)4;;/h(H2,2,3,4);;. The van der Waals surface area contributed by atoms with Crippen LogP contribution in [0.15, 0.2) is 0 Å². The number of rotatable bonds is 0. The Morgan fingerprint density at radius 1 is 1.33 bits per heavy atom. The molecule has 5 heteroatoms. The van der Waals surface area contributed by atoms with E-state index in [9.17, 15) is 0 Å². The topological polar surface area (TPSA) is 57.5 Å². The van der Waals surface area contributed by atoms with Crippen LogP contribution in [0, 0.1) is 37.7 Å². The van der Waals surface area contributed by atoms with Crippen LogP contribution in [-0.2, 0) is 0 Å². The van der Waals surface area contributed by atoms with Crippen molar-refractivity contribution < 1.29 is 52.7 Å². The Balaban J connectivity index is -0.0000000450. The van der Waals surface area contributed by atoms with E-state index in [2.05, 4.69) is 0 Å². The first-order valence-electron chi connectivity index (χ1n) is 0.651. The summed E-state index contributed by atoms with van der Waals surface area (Å²) in [6.45, 7) is 0. The van der Waals surface area contributed by atoms with Crippen molar-refractivity contribution in [2.24, 2.45) is 0 Å². The number of carboxylic acid groups (broad SMARTS) is 2. The van der Waals surface area contributed by atoms with Gasteiger partial charge in [-0.1, -0.05) is 0 Å². The third-order valence-electron chi connectivity index (χ3n) is 0. The maximum atomic E-state index is 8.56. The van der Waals surface area contributed by atoms with E-state index in [0.717, 1.165) is 0 Å². The van der Waals surface area contributed by atoms with Crippen LogP contribution in [0.25, 0.3) is 0 Å². The summed E-state index contributed by atoms with van der Waals surface area (Å²) >= 11 is 0. The molecule has 0 atom stereocenters. The van der Waals surface area contributed by atoms with Crippen LogP contribution >= 0.6 is 0 Å². The molecule has 0 aliphatic rings. The van der Waals surface area contributed by atoms with Gasteiger partial charge in [0.15, 0.2) is 0 Å². The molecule has 0 saturated carbocycles. The molecular formula is CH2ArNaO3. The van der Waals surface area contributed by atoms with Crippen molar-refractivity contribution in [2.75, 3.05) is 0 Å². The van der Waals surface area contributed by atoms with Gasteiger partial charge in [-0.05, 0) is 0 Å². The summed E-state index contributed by atoms with van der Waals surface area (Å²) in [6, 6.07) is 0. The summed E-state index contributed by atoms with van der Waals surface area (Å²) in [7, 11) is 0. The zero-order valence-electron chi connectivity index (χ0n) is 3.16. The minimum atomic E-state index is -1.83. The zero-order valence-corrected chi connectivity index (χ0v) is 5.86. The van der Waals surface area contributed by atoms with Gasteiger partial charge in [0.25, 0.3) is 0 Å². The van der Waals surface area contributed by atoms with Crippen LogP contribution in [-0.4, -0.2) is 45.9 Å². The number of hydrogen-bond acceptors (Lipinski definition) is 1. The fourth-order valence-corrected chi connectivity index (χ4v) is 0. The number of hydrogen-bond donors (Lipinski definition) is 2. The van der Waals surface area contributed by atoms with Crippen LogP contribution in [0.5, 0.6) is 0 Å². The summed E-state index contributed by atoms with van der Waals surface area (Å²) < 4.78 is 0. The van der Waals surface area contributed by atoms with Crippen molar-refractivity contribution in [2.45, 2.75) is 0 Å². The fourth-order valence-electron chi connectivity index (χ4n) is 0. The third kappa shape index (κ3) is 48.5. The molecule has 6 heavy (non-hydrogen) atoms. The van der Waals surface area contributed by atoms with Crippen LogP contribution in [0.2, 0.25) is 0 Å². The molecule has 0 aliphatic heterocycles. The first kappa shape index (κ1) is 15.6. The van der Waals surface area contributed by atoms with Crippen molar-refractivity contribution >= 4 is 35.7 Å². The Labute approximate surface area is 87.0 Å². The summed E-state index contributed by atoms with van der Waals surface area (Å²) in [5, 5.41) is 13.9. The van der Waals surface area contributed by atoms with Gasteiger partial charge in [-0.25, -0.2) is 4.79 Å². The van der Waals surface area contributed by atoms with E-state index in [1.807, 2.05) is 0 Å². The third-order valence-corrected chi connectivity index (χ3v) is 0. The van der Waals surface area contributed by atoms with Crippen molar-refractivity contribution in [1.29, 1.82) is 0 Å². The van der Waals surface area contributed by atoms with Gasteiger partial charge in [0, 0.05) is 67.3 Å². The first-order valence-corrected chi connectivity index (χ1v) is 0.651. The smallest absolute Gasteiger partial charge is 0.450 e. The maximum Gasteiger partial charge on any atom is 0.503 e. The second kappa shape index (κ2) is 9.73. The molecule has 0 aromatic carbocycles. The second-order valence-corrected chi connectivity index (χ2v) is 0.283. The molecule has 2 N–H and O–H groups in total. The van der Waals surface area contributed by atoms with Crippen molar-refractivity contribution in [3.8, 4) is 0 Å². The molecule has 0 unspecified atom stereocenters. The Morgan fingerprint density at radius 3 is 1.33 bits per heavy atom. The van der Waals surface area contributed by atoms with Gasteiger partial charge in [0.2, 0.25) is 0 Å². The molecule has 0 heterocycles. The summed E-state index contributed by atoms with van der Waals surface area (Å²) in [5.41, 5.74) is 0. The molecule has 0 aliphatic carbocycles. The van der Waals surface area contributed by atoms with E-state index in [4.69, 9.17) is 15.0 Å². The molecule has 0 aromatic rings. The average Bonchev–Trinajstić information content (AvgIpc) is 0.811. The predicted molar refractivity (Wildman–Crippen MR) is 16.4 cm³/mol. The van der Waals surface area contributed by atoms with E-state index in [-0.39, 0.29) is 67.3 Å². The van der Waals surface area contributed by atoms with Gasteiger partial charge in [-0.15, -0.1) is 0 Å². The molecule has 0 aromatic heterocycles. The van der Waals surface area contributed by atoms with Crippen LogP contribution in [0.4, 0.5) is 4.79 Å². The second-order valence-electron chi connectivity index (χ2n) is 0.283. The van der Waals surface area contributed by atoms with Crippen LogP contribution < -0.4 is 0 Å². The molecule has 0 fully saturated rings. The van der Waals surface area contributed by atoms with Gasteiger partial charge in [0.1, 0.15) is 0 Å². The van der Waals surface area contributed by atoms with Gasteiger partial charge in [0.05, 0.1) is 0 Å². The van der Waals surface area contributed by atoms with Crippen molar-refractivity contribution in [3.63, 3.8) is 0 Å². The summed E-state index contributed by atoms with van der Waals surface area (Å²) in [5.74, 6) is 0. The fraction of sp³-hybridized carbons (Fsp3) is 0. The van der Waals surface area contributed by atoms with E-state index < -0.39 is 6.16 Å².